The molecule has 0 aromatic rings. The predicted molar refractivity (Wildman–Crippen MR) is 125 cm³/mol. The first kappa shape index (κ1) is 27.0. The second kappa shape index (κ2) is 13.4. The molecule has 1 fully saturated rings. The molecule has 0 saturated carbocycles. The van der Waals surface area contributed by atoms with E-state index in [0.717, 1.165) is 34.7 Å². The summed E-state index contributed by atoms with van der Waals surface area (Å²) in [6, 6.07) is 0. The predicted octanol–water partition coefficient (Wildman–Crippen LogP) is 4.98. The van der Waals surface area contributed by atoms with E-state index >= 15 is 0 Å². The van der Waals surface area contributed by atoms with Crippen LogP contribution in [-0.4, -0.2) is 52.5 Å². The molecule has 170 valence electrons. The van der Waals surface area contributed by atoms with Crippen molar-refractivity contribution in [2.24, 2.45) is 5.92 Å². The number of rotatable bonds is 15. The molecule has 0 N–H and O–H groups in total. The van der Waals surface area contributed by atoms with Crippen molar-refractivity contribution in [2.75, 3.05) is 19.5 Å². The van der Waals surface area contributed by atoms with E-state index in [1.54, 1.807) is 0 Å². The molecule has 1 aliphatic heterocycles. The Balaban J connectivity index is 2.55. The molecule has 0 amide bonds. The molecule has 29 heavy (non-hydrogen) atoms. The van der Waals surface area contributed by atoms with Gasteiger partial charge in [0.2, 0.25) is 0 Å². The second-order valence-electron chi connectivity index (χ2n) is 7.61. The quantitative estimate of drug-likeness (QED) is 0.125. The fourth-order valence-electron chi connectivity index (χ4n) is 3.46. The zero-order valence-electron chi connectivity index (χ0n) is 18.2. The third-order valence-corrected chi connectivity index (χ3v) is 6.63. The first-order valence-corrected chi connectivity index (χ1v) is 13.2. The average Bonchev–Trinajstić information content (AvgIpc) is 2.96. The Labute approximate surface area is 190 Å². The van der Waals surface area contributed by atoms with Gasteiger partial charge < -0.3 is 14.2 Å². The number of allylic oxidation sites excluding steroid dienone is 1. The van der Waals surface area contributed by atoms with E-state index in [-0.39, 0.29) is 30.5 Å². The highest BCUT2D eigenvalue weighted by atomic mass is 127. The van der Waals surface area contributed by atoms with Crippen LogP contribution in [0.15, 0.2) is 22.3 Å². The zero-order valence-corrected chi connectivity index (χ0v) is 21.2. The number of ether oxygens (including phenoxy) is 3. The summed E-state index contributed by atoms with van der Waals surface area (Å²) in [7, 11) is -3.52. The van der Waals surface area contributed by atoms with Crippen LogP contribution < -0.4 is 0 Å². The number of hydrogen-bond donors (Lipinski definition) is 0. The lowest BCUT2D eigenvalue weighted by molar-refractivity contribution is -0.144. The molecule has 8 heteroatoms. The standard InChI is InChI=1S/C21H37IO6S/c1-7-25-21(26-8-2)12-10-18-14-16(4)20(27-18)11-9-19(28-29(6,23)24)13-15(3)17(5)22/h15,18-21H,4-5,7-14H2,1-3,6H3/t15-,18+,19-,20+/m1/s1. The van der Waals surface area contributed by atoms with Crippen molar-refractivity contribution in [1.29, 1.82) is 0 Å². The van der Waals surface area contributed by atoms with Gasteiger partial charge in [-0.3, -0.25) is 4.18 Å². The molecule has 4 atom stereocenters. The Kier molecular flexibility index (Phi) is 12.5. The van der Waals surface area contributed by atoms with Crippen LogP contribution >= 0.6 is 22.6 Å². The Morgan fingerprint density at radius 2 is 1.86 bits per heavy atom. The summed E-state index contributed by atoms with van der Waals surface area (Å²) in [5, 5.41) is 0. The molecule has 1 heterocycles. The van der Waals surface area contributed by atoms with Crippen LogP contribution in [0.2, 0.25) is 0 Å². The fourth-order valence-corrected chi connectivity index (χ4v) is 4.39. The topological polar surface area (TPSA) is 71.1 Å². The highest BCUT2D eigenvalue weighted by Crippen LogP contribution is 2.32. The Hall–Kier alpha value is 0. The van der Waals surface area contributed by atoms with Gasteiger partial charge in [0.1, 0.15) is 0 Å². The minimum absolute atomic E-state index is 0.0681. The van der Waals surface area contributed by atoms with E-state index in [4.69, 9.17) is 18.4 Å². The van der Waals surface area contributed by atoms with Gasteiger partial charge in [0.25, 0.3) is 10.1 Å². The van der Waals surface area contributed by atoms with Gasteiger partial charge in [-0.25, -0.2) is 0 Å². The van der Waals surface area contributed by atoms with Crippen LogP contribution in [0.25, 0.3) is 0 Å². The SMILES string of the molecule is C=C(I)[C@H](C)C[C@@H](CC[C@@H]1O[C@@H](CCC(OCC)OCC)CC1=C)OS(C)(=O)=O. The largest absolute Gasteiger partial charge is 0.370 e. The zero-order chi connectivity index (χ0) is 22.0. The summed E-state index contributed by atoms with van der Waals surface area (Å²) in [6.07, 6.45) is 4.87. The molecule has 0 aromatic carbocycles. The van der Waals surface area contributed by atoms with E-state index in [1.165, 1.54) is 0 Å². The van der Waals surface area contributed by atoms with Gasteiger partial charge in [0, 0.05) is 19.6 Å². The highest BCUT2D eigenvalue weighted by molar-refractivity contribution is 14.1. The van der Waals surface area contributed by atoms with Crippen LogP contribution in [0.5, 0.6) is 0 Å². The first-order valence-electron chi connectivity index (χ1n) is 10.3. The van der Waals surface area contributed by atoms with Gasteiger partial charge in [0.15, 0.2) is 6.29 Å². The molecular formula is C21H37IO6S. The highest BCUT2D eigenvalue weighted by Gasteiger charge is 2.30. The van der Waals surface area contributed by atoms with Crippen molar-refractivity contribution in [3.63, 3.8) is 0 Å². The third kappa shape index (κ3) is 11.3. The van der Waals surface area contributed by atoms with Gasteiger partial charge in [-0.15, -0.1) is 0 Å². The first-order chi connectivity index (χ1) is 13.6. The molecule has 0 spiro atoms. The normalized spacial score (nSPS) is 22.2. The third-order valence-electron chi connectivity index (χ3n) is 4.94. The van der Waals surface area contributed by atoms with E-state index in [2.05, 4.69) is 35.7 Å². The summed E-state index contributed by atoms with van der Waals surface area (Å²) in [5.74, 6) is 0.178. The molecule has 0 aliphatic carbocycles. The van der Waals surface area contributed by atoms with Gasteiger partial charge in [0.05, 0.1) is 24.6 Å². The molecule has 0 aromatic heterocycles. The minimum atomic E-state index is -3.52. The lowest BCUT2D eigenvalue weighted by atomic mass is 9.97. The lowest BCUT2D eigenvalue weighted by Crippen LogP contribution is -2.23. The molecule has 1 saturated heterocycles. The average molecular weight is 544 g/mol. The number of halogens is 1. The van der Waals surface area contributed by atoms with Crippen LogP contribution in [0.3, 0.4) is 0 Å². The Morgan fingerprint density at radius 3 is 2.38 bits per heavy atom. The molecule has 6 nitrogen and oxygen atoms in total. The van der Waals surface area contributed by atoms with Crippen molar-refractivity contribution in [3.05, 3.63) is 22.3 Å². The van der Waals surface area contributed by atoms with Crippen molar-refractivity contribution in [2.45, 2.75) is 83.9 Å². The van der Waals surface area contributed by atoms with Crippen molar-refractivity contribution >= 4 is 32.7 Å². The summed E-state index contributed by atoms with van der Waals surface area (Å²) >= 11 is 2.18. The summed E-state index contributed by atoms with van der Waals surface area (Å²) in [6.45, 7) is 15.3. The van der Waals surface area contributed by atoms with Crippen LogP contribution in [-0.2, 0) is 28.5 Å². The summed E-state index contributed by atoms with van der Waals surface area (Å²) in [5.41, 5.74) is 1.06. The van der Waals surface area contributed by atoms with Gasteiger partial charge in [-0.05, 0) is 83.6 Å². The van der Waals surface area contributed by atoms with E-state index in [1.807, 2.05) is 20.8 Å². The van der Waals surface area contributed by atoms with E-state index in [9.17, 15) is 8.42 Å². The van der Waals surface area contributed by atoms with Gasteiger partial charge in [-0.1, -0.05) is 20.1 Å². The summed E-state index contributed by atoms with van der Waals surface area (Å²) in [4.78, 5) is 0. The smallest absolute Gasteiger partial charge is 0.264 e. The molecule has 1 rings (SSSR count). The monoisotopic (exact) mass is 544 g/mol. The molecule has 0 bridgehead atoms. The van der Waals surface area contributed by atoms with E-state index in [0.29, 0.717) is 32.5 Å². The minimum Gasteiger partial charge on any atom is -0.370 e. The molecule has 0 unspecified atom stereocenters. The maximum Gasteiger partial charge on any atom is 0.264 e. The van der Waals surface area contributed by atoms with Crippen molar-refractivity contribution in [3.8, 4) is 0 Å². The van der Waals surface area contributed by atoms with Crippen molar-refractivity contribution in [1.82, 2.24) is 0 Å². The lowest BCUT2D eigenvalue weighted by Gasteiger charge is -2.22. The fraction of sp³-hybridized carbons (Fsp3) is 0.810. The van der Waals surface area contributed by atoms with Gasteiger partial charge >= 0.3 is 0 Å². The number of hydrogen-bond acceptors (Lipinski definition) is 6. The van der Waals surface area contributed by atoms with Crippen LogP contribution in [0, 0.1) is 5.92 Å². The van der Waals surface area contributed by atoms with Crippen molar-refractivity contribution < 1.29 is 26.8 Å². The van der Waals surface area contributed by atoms with Crippen LogP contribution in [0.1, 0.15) is 59.3 Å². The Morgan fingerprint density at radius 1 is 1.24 bits per heavy atom. The maximum atomic E-state index is 11.6. The Bertz CT molecular complexity index is 615. The van der Waals surface area contributed by atoms with Gasteiger partial charge in [-0.2, -0.15) is 8.42 Å². The molecule has 0 radical (unpaired) electrons. The summed E-state index contributed by atoms with van der Waals surface area (Å²) < 4.78 is 47.0. The van der Waals surface area contributed by atoms with Crippen LogP contribution in [0.4, 0.5) is 0 Å². The van der Waals surface area contributed by atoms with E-state index < -0.39 is 10.1 Å². The molecular weight excluding hydrogens is 507 g/mol. The maximum absolute atomic E-state index is 11.6. The second-order valence-corrected chi connectivity index (χ2v) is 10.6. The molecule has 1 aliphatic rings.